The van der Waals surface area contributed by atoms with Gasteiger partial charge in [-0.25, -0.2) is 15.0 Å². The van der Waals surface area contributed by atoms with Crippen LogP contribution in [0.25, 0.3) is 0 Å². The van der Waals surface area contributed by atoms with Gasteiger partial charge in [0.05, 0.1) is 19.5 Å². The number of amidine groups is 1. The van der Waals surface area contributed by atoms with Crippen molar-refractivity contribution in [1.82, 2.24) is 9.97 Å². The molecule has 0 saturated carbocycles. The van der Waals surface area contributed by atoms with Crippen LogP contribution in [0.1, 0.15) is 40.1 Å². The van der Waals surface area contributed by atoms with E-state index in [2.05, 4.69) is 21.8 Å². The molecule has 174 valence electrons. The summed E-state index contributed by atoms with van der Waals surface area (Å²) >= 11 is 1.39. The summed E-state index contributed by atoms with van der Waals surface area (Å²) in [5.41, 5.74) is 9.07. The molecule has 3 rings (SSSR count). The summed E-state index contributed by atoms with van der Waals surface area (Å²) in [6.07, 6.45) is 4.92. The van der Waals surface area contributed by atoms with E-state index in [1.165, 1.54) is 24.2 Å². The van der Waals surface area contributed by atoms with Gasteiger partial charge < -0.3 is 15.2 Å². The van der Waals surface area contributed by atoms with E-state index in [0.717, 1.165) is 22.4 Å². The molecule has 7 nitrogen and oxygen atoms in total. The minimum absolute atomic E-state index is 0.141. The number of nitrogens with zero attached hydrogens (tertiary/aromatic N) is 3. The molecule has 2 aromatic carbocycles. The molecule has 1 aromatic heterocycles. The summed E-state index contributed by atoms with van der Waals surface area (Å²) in [5.74, 6) is 6.47. The summed E-state index contributed by atoms with van der Waals surface area (Å²) in [6.45, 7) is 1.96. The van der Waals surface area contributed by atoms with Crippen LogP contribution in [0.5, 0.6) is 11.6 Å². The van der Waals surface area contributed by atoms with Gasteiger partial charge in [-0.2, -0.15) is 0 Å². The molecule has 2 N–H and O–H groups in total. The van der Waals surface area contributed by atoms with Crippen molar-refractivity contribution >= 4 is 22.7 Å². The Morgan fingerprint density at radius 1 is 1.15 bits per heavy atom. The van der Waals surface area contributed by atoms with Gasteiger partial charge >= 0.3 is 0 Å². The molecule has 3 aromatic rings. The topological polar surface area (TPSA) is 99.7 Å². The first kappa shape index (κ1) is 24.8. The molecule has 0 bridgehead atoms. The summed E-state index contributed by atoms with van der Waals surface area (Å²) in [6, 6.07) is 15.2. The molecule has 1 heterocycles. The Labute approximate surface area is 203 Å². The van der Waals surface area contributed by atoms with E-state index in [-0.39, 0.29) is 30.5 Å². The zero-order valence-electron chi connectivity index (χ0n) is 19.3. The monoisotopic (exact) mass is 474 g/mol. The zero-order valence-corrected chi connectivity index (χ0v) is 20.1. The van der Waals surface area contributed by atoms with Crippen LogP contribution in [0.3, 0.4) is 0 Å². The van der Waals surface area contributed by atoms with Gasteiger partial charge in [0.25, 0.3) is 0 Å². The number of hydrogen-bond acceptors (Lipinski definition) is 7. The van der Waals surface area contributed by atoms with Gasteiger partial charge in [-0.3, -0.25) is 4.79 Å². The van der Waals surface area contributed by atoms with Crippen LogP contribution in [0.2, 0.25) is 0 Å². The Hall–Kier alpha value is -3.83. The molecule has 1 atom stereocenters. The van der Waals surface area contributed by atoms with E-state index < -0.39 is 0 Å². The van der Waals surface area contributed by atoms with Crippen LogP contribution in [-0.2, 0) is 6.42 Å². The average Bonchev–Trinajstić information content (AvgIpc) is 2.88. The highest BCUT2D eigenvalue weighted by Gasteiger charge is 2.16. The molecule has 0 spiro atoms. The van der Waals surface area contributed by atoms with Crippen molar-refractivity contribution in [3.63, 3.8) is 0 Å². The first-order valence-corrected chi connectivity index (χ1v) is 11.7. The lowest BCUT2D eigenvalue weighted by atomic mass is 9.96. The van der Waals surface area contributed by atoms with Crippen LogP contribution in [0.15, 0.2) is 65.9 Å². The van der Waals surface area contributed by atoms with Crippen LogP contribution >= 0.6 is 11.8 Å². The zero-order chi connectivity index (χ0) is 24.3. The van der Waals surface area contributed by atoms with E-state index in [4.69, 9.17) is 20.2 Å². The fourth-order valence-electron chi connectivity index (χ4n) is 3.17. The number of thioether (sulfide) groups is 1. The van der Waals surface area contributed by atoms with Crippen LogP contribution < -0.4 is 15.2 Å². The van der Waals surface area contributed by atoms with E-state index >= 15 is 0 Å². The van der Waals surface area contributed by atoms with Crippen molar-refractivity contribution in [3.8, 4) is 23.5 Å². The van der Waals surface area contributed by atoms with Crippen molar-refractivity contribution in [1.29, 1.82) is 0 Å². The van der Waals surface area contributed by atoms with E-state index in [9.17, 15) is 4.79 Å². The molecule has 0 aliphatic carbocycles. The highest BCUT2D eigenvalue weighted by Crippen LogP contribution is 2.29. The predicted octanol–water partition coefficient (Wildman–Crippen LogP) is 4.08. The van der Waals surface area contributed by atoms with Gasteiger partial charge in [-0.15, -0.1) is 5.92 Å². The first-order valence-electron chi connectivity index (χ1n) is 10.5. The molecule has 0 saturated heterocycles. The lowest BCUT2D eigenvalue weighted by molar-refractivity contribution is 0.0987. The van der Waals surface area contributed by atoms with Gasteiger partial charge in [0.15, 0.2) is 17.6 Å². The fraction of sp³-hybridized carbons (Fsp3) is 0.231. The number of hydrogen-bond donors (Lipinski definition) is 1. The van der Waals surface area contributed by atoms with Crippen molar-refractivity contribution in [2.24, 2.45) is 10.7 Å². The number of aromatic nitrogens is 2. The quantitative estimate of drug-likeness (QED) is 0.216. The summed E-state index contributed by atoms with van der Waals surface area (Å²) in [5, 5.41) is 0.477. The van der Waals surface area contributed by atoms with Gasteiger partial charge in [0.1, 0.15) is 17.5 Å². The number of carbonyl (C=O) groups excluding carboxylic acids is 1. The van der Waals surface area contributed by atoms with Crippen molar-refractivity contribution in [3.05, 3.63) is 83.3 Å². The maximum Gasteiger partial charge on any atom is 0.233 e. The molecule has 0 aliphatic heterocycles. The molecule has 34 heavy (non-hydrogen) atoms. The van der Waals surface area contributed by atoms with E-state index in [1.807, 2.05) is 54.8 Å². The third-order valence-electron chi connectivity index (χ3n) is 4.91. The molecule has 0 amide bonds. The molecule has 0 radical (unpaired) electrons. The van der Waals surface area contributed by atoms with Gasteiger partial charge in [-0.05, 0) is 42.0 Å². The third-order valence-corrected chi connectivity index (χ3v) is 5.43. The summed E-state index contributed by atoms with van der Waals surface area (Å²) in [7, 11) is 1.63. The number of ether oxygens (including phenoxy) is 2. The second kappa shape index (κ2) is 12.4. The Morgan fingerprint density at radius 2 is 1.94 bits per heavy atom. The van der Waals surface area contributed by atoms with Gasteiger partial charge in [-0.1, -0.05) is 54.1 Å². The minimum Gasteiger partial charge on any atom is -0.497 e. The maximum atomic E-state index is 12.8. The number of Topliss-reactive ketones (excluding diaryl/α,β-unsaturated/α-hetero) is 1. The summed E-state index contributed by atoms with van der Waals surface area (Å²) in [4.78, 5) is 25.8. The fourth-order valence-corrected chi connectivity index (χ4v) is 3.38. The highest BCUT2D eigenvalue weighted by atomic mass is 32.2. The number of rotatable bonds is 9. The second-order valence-electron chi connectivity index (χ2n) is 7.15. The largest absolute Gasteiger partial charge is 0.497 e. The van der Waals surface area contributed by atoms with Crippen LogP contribution in [0.4, 0.5) is 0 Å². The number of ketones is 1. The predicted molar refractivity (Wildman–Crippen MR) is 135 cm³/mol. The van der Waals surface area contributed by atoms with E-state index in [0.29, 0.717) is 11.0 Å². The second-order valence-corrected chi connectivity index (χ2v) is 7.97. The molecule has 8 heteroatoms. The van der Waals surface area contributed by atoms with Gasteiger partial charge in [0, 0.05) is 6.42 Å². The molecule has 1 unspecified atom stereocenters. The normalized spacial score (nSPS) is 11.8. The van der Waals surface area contributed by atoms with Crippen LogP contribution in [-0.4, -0.2) is 40.9 Å². The van der Waals surface area contributed by atoms with Gasteiger partial charge in [0.2, 0.25) is 5.88 Å². The SMILES string of the molecule is CC#CCOc1cnc(C(=O)Cc2cccc(C(N=C(N)SC)c3ccc(OC)cc3)c2)cn1. The van der Waals surface area contributed by atoms with Crippen molar-refractivity contribution in [2.45, 2.75) is 19.4 Å². The Balaban J connectivity index is 1.80. The Kier molecular flexibility index (Phi) is 9.06. The number of aliphatic imine (C=N–C) groups is 1. The minimum atomic E-state index is -0.309. The van der Waals surface area contributed by atoms with Crippen molar-refractivity contribution in [2.75, 3.05) is 20.0 Å². The van der Waals surface area contributed by atoms with Crippen LogP contribution in [0, 0.1) is 11.8 Å². The average molecular weight is 475 g/mol. The number of benzene rings is 2. The molecule has 0 aliphatic rings. The third kappa shape index (κ3) is 6.83. The smallest absolute Gasteiger partial charge is 0.233 e. The molecule has 0 fully saturated rings. The van der Waals surface area contributed by atoms with Crippen molar-refractivity contribution < 1.29 is 14.3 Å². The molecular weight excluding hydrogens is 448 g/mol. The van der Waals surface area contributed by atoms with E-state index in [1.54, 1.807) is 14.0 Å². The number of carbonyl (C=O) groups is 1. The molecular formula is C26H26N4O3S. The lowest BCUT2D eigenvalue weighted by Gasteiger charge is -2.16. The summed E-state index contributed by atoms with van der Waals surface area (Å²) < 4.78 is 10.6. The Bertz CT molecular complexity index is 1200. The number of methoxy groups -OCH3 is 1. The maximum absolute atomic E-state index is 12.8. The number of nitrogens with two attached hydrogens (primary N) is 1. The standard InChI is InChI=1S/C26H26N4O3S/c1-4-5-13-33-24-17-28-22(16-29-24)23(31)15-18-7-6-8-20(14-18)25(30-26(27)34-3)19-9-11-21(32-2)12-10-19/h6-12,14,16-17,25H,13,15H2,1-3H3,(H2,27,30). The lowest BCUT2D eigenvalue weighted by Crippen LogP contribution is -2.11. The Morgan fingerprint density at radius 3 is 2.59 bits per heavy atom. The highest BCUT2D eigenvalue weighted by molar-refractivity contribution is 8.13. The first-order chi connectivity index (χ1) is 16.5.